The lowest BCUT2D eigenvalue weighted by Gasteiger charge is -2.34. The molecule has 0 aliphatic carbocycles. The third kappa shape index (κ3) is 2.09. The Morgan fingerprint density at radius 2 is 2.06 bits per heavy atom. The van der Waals surface area contributed by atoms with Gasteiger partial charge in [-0.05, 0) is 36.1 Å². The highest BCUT2D eigenvalue weighted by molar-refractivity contribution is 7.17. The van der Waals surface area contributed by atoms with Gasteiger partial charge < -0.3 is 4.90 Å². The van der Waals surface area contributed by atoms with E-state index in [2.05, 4.69) is 40.2 Å². The molecule has 0 amide bonds. The molecular weight excluding hydrogens is 242 g/mol. The highest BCUT2D eigenvalue weighted by Gasteiger charge is 2.23. The Hall–Kier alpha value is -1.16. The number of thiophene rings is 1. The number of hydrogen-bond donors (Lipinski definition) is 0. The minimum atomic E-state index is 0.805. The minimum Gasteiger partial charge on any atom is -0.355 e. The van der Waals surface area contributed by atoms with Crippen LogP contribution in [-0.2, 0) is 0 Å². The van der Waals surface area contributed by atoms with Crippen LogP contribution in [0.15, 0.2) is 17.8 Å². The first kappa shape index (κ1) is 11.9. The van der Waals surface area contributed by atoms with Crippen molar-refractivity contribution in [3.8, 4) is 0 Å². The second-order valence-corrected chi connectivity index (χ2v) is 6.32. The molecule has 2 aromatic heterocycles. The van der Waals surface area contributed by atoms with Gasteiger partial charge >= 0.3 is 0 Å². The molecule has 0 spiro atoms. The van der Waals surface area contributed by atoms with Crippen molar-refractivity contribution in [1.29, 1.82) is 0 Å². The maximum absolute atomic E-state index is 4.50. The summed E-state index contributed by atoms with van der Waals surface area (Å²) in [6.45, 7) is 6.94. The molecule has 0 atom stereocenters. The Bertz CT molecular complexity index is 527. The van der Waals surface area contributed by atoms with Gasteiger partial charge in [0.15, 0.2) is 0 Å². The average Bonchev–Trinajstić information content (AvgIpc) is 2.87. The zero-order valence-corrected chi connectivity index (χ0v) is 11.8. The van der Waals surface area contributed by atoms with E-state index in [9.17, 15) is 0 Å². The Labute approximate surface area is 112 Å². The summed E-state index contributed by atoms with van der Waals surface area (Å²) >= 11 is 1.75. The third-order valence-corrected chi connectivity index (χ3v) is 4.91. The summed E-state index contributed by atoms with van der Waals surface area (Å²) in [4.78, 5) is 11.2. The Balaban J connectivity index is 1.82. The third-order valence-electron chi connectivity index (χ3n) is 4.01. The lowest BCUT2D eigenvalue weighted by Crippen LogP contribution is -2.35. The van der Waals surface area contributed by atoms with Gasteiger partial charge in [0.2, 0.25) is 0 Å². The lowest BCUT2D eigenvalue weighted by atomic mass is 9.87. The predicted molar refractivity (Wildman–Crippen MR) is 77.2 cm³/mol. The van der Waals surface area contributed by atoms with Gasteiger partial charge in [-0.25, -0.2) is 9.97 Å². The highest BCUT2D eigenvalue weighted by Crippen LogP contribution is 2.32. The maximum Gasteiger partial charge on any atom is 0.150 e. The molecule has 3 heterocycles. The smallest absolute Gasteiger partial charge is 0.150 e. The zero-order chi connectivity index (χ0) is 12.5. The van der Waals surface area contributed by atoms with Crippen molar-refractivity contribution < 1.29 is 0 Å². The van der Waals surface area contributed by atoms with E-state index < -0.39 is 0 Å². The number of piperidine rings is 1. The first-order valence-electron chi connectivity index (χ1n) is 6.69. The molecule has 1 saturated heterocycles. The lowest BCUT2D eigenvalue weighted by molar-refractivity contribution is 0.311. The van der Waals surface area contributed by atoms with Crippen molar-refractivity contribution in [3.05, 3.63) is 17.8 Å². The van der Waals surface area contributed by atoms with Crippen molar-refractivity contribution in [1.82, 2.24) is 9.97 Å². The van der Waals surface area contributed by atoms with E-state index >= 15 is 0 Å². The first-order chi connectivity index (χ1) is 8.75. The van der Waals surface area contributed by atoms with Crippen LogP contribution in [0.1, 0.15) is 26.7 Å². The Morgan fingerprint density at radius 3 is 2.78 bits per heavy atom. The highest BCUT2D eigenvalue weighted by atomic mass is 32.1. The van der Waals surface area contributed by atoms with Crippen LogP contribution in [0.3, 0.4) is 0 Å². The molecule has 3 rings (SSSR count). The van der Waals surface area contributed by atoms with Gasteiger partial charge in [0.05, 0.1) is 10.2 Å². The van der Waals surface area contributed by atoms with E-state index in [4.69, 9.17) is 0 Å². The van der Waals surface area contributed by atoms with E-state index in [0.29, 0.717) is 0 Å². The number of fused-ring (bicyclic) bond motifs is 1. The summed E-state index contributed by atoms with van der Waals surface area (Å²) in [5.74, 6) is 2.82. The van der Waals surface area contributed by atoms with Gasteiger partial charge in [0.1, 0.15) is 12.1 Å². The molecule has 0 N–H and O–H groups in total. The summed E-state index contributed by atoms with van der Waals surface area (Å²) in [5.41, 5.74) is 1.08. The summed E-state index contributed by atoms with van der Waals surface area (Å²) < 4.78 is 1.24. The molecule has 96 valence electrons. The zero-order valence-electron chi connectivity index (χ0n) is 11.0. The number of nitrogens with zero attached hydrogens (tertiary/aromatic N) is 3. The topological polar surface area (TPSA) is 29.0 Å². The van der Waals surface area contributed by atoms with E-state index in [1.165, 1.54) is 17.5 Å². The van der Waals surface area contributed by atoms with Crippen LogP contribution in [0.4, 0.5) is 5.82 Å². The van der Waals surface area contributed by atoms with E-state index in [1.54, 1.807) is 17.7 Å². The summed E-state index contributed by atoms with van der Waals surface area (Å²) in [5, 5.41) is 2.10. The minimum absolute atomic E-state index is 0.805. The molecule has 2 aromatic rings. The number of aromatic nitrogens is 2. The fraction of sp³-hybridized carbons (Fsp3) is 0.571. The normalized spacial score (nSPS) is 17.8. The van der Waals surface area contributed by atoms with Crippen molar-refractivity contribution in [2.45, 2.75) is 26.7 Å². The first-order valence-corrected chi connectivity index (χ1v) is 7.57. The van der Waals surface area contributed by atoms with Crippen molar-refractivity contribution in [3.63, 3.8) is 0 Å². The molecule has 0 saturated carbocycles. The standard InChI is InChI=1S/C14H19N3S/c1-10(2)11-3-6-17(7-4-11)14-13-12(5-8-18-13)15-9-16-14/h5,8-11H,3-4,6-7H2,1-2H3. The SMILES string of the molecule is CC(C)C1CCN(c2ncnc3ccsc23)CC1. The van der Waals surface area contributed by atoms with E-state index in [1.807, 2.05) is 0 Å². The van der Waals surface area contributed by atoms with Crippen molar-refractivity contribution in [2.75, 3.05) is 18.0 Å². The molecule has 0 radical (unpaired) electrons. The van der Waals surface area contributed by atoms with Crippen LogP contribution in [0.5, 0.6) is 0 Å². The van der Waals surface area contributed by atoms with Gasteiger partial charge in [-0.15, -0.1) is 11.3 Å². The second kappa shape index (κ2) is 4.84. The number of rotatable bonds is 2. The fourth-order valence-corrected chi connectivity index (χ4v) is 3.64. The number of hydrogen-bond acceptors (Lipinski definition) is 4. The molecule has 1 fully saturated rings. The van der Waals surface area contributed by atoms with Gasteiger partial charge in [0.25, 0.3) is 0 Å². The monoisotopic (exact) mass is 261 g/mol. The molecule has 0 aromatic carbocycles. The molecule has 1 aliphatic heterocycles. The van der Waals surface area contributed by atoms with Gasteiger partial charge in [-0.1, -0.05) is 13.8 Å². The summed E-state index contributed by atoms with van der Waals surface area (Å²) in [6.07, 6.45) is 4.27. The van der Waals surface area contributed by atoms with Crippen LogP contribution in [-0.4, -0.2) is 23.1 Å². The molecule has 0 unspecified atom stereocenters. The molecule has 3 nitrogen and oxygen atoms in total. The average molecular weight is 261 g/mol. The fourth-order valence-electron chi connectivity index (χ4n) is 2.78. The molecule has 1 aliphatic rings. The van der Waals surface area contributed by atoms with Crippen LogP contribution < -0.4 is 4.90 Å². The molecule has 4 heteroatoms. The Kier molecular flexibility index (Phi) is 3.20. The second-order valence-electron chi connectivity index (χ2n) is 5.40. The van der Waals surface area contributed by atoms with Crippen LogP contribution in [0, 0.1) is 11.8 Å². The van der Waals surface area contributed by atoms with Gasteiger partial charge in [0, 0.05) is 13.1 Å². The van der Waals surface area contributed by atoms with E-state index in [-0.39, 0.29) is 0 Å². The van der Waals surface area contributed by atoms with Crippen LogP contribution in [0.25, 0.3) is 10.2 Å². The predicted octanol–water partition coefficient (Wildman–Crippen LogP) is 3.56. The quantitative estimate of drug-likeness (QED) is 0.827. The van der Waals surface area contributed by atoms with Crippen molar-refractivity contribution >= 4 is 27.4 Å². The Morgan fingerprint density at radius 1 is 1.28 bits per heavy atom. The molecular formula is C14H19N3S. The van der Waals surface area contributed by atoms with E-state index in [0.717, 1.165) is 36.3 Å². The number of anilines is 1. The summed E-state index contributed by atoms with van der Waals surface area (Å²) in [7, 11) is 0. The maximum atomic E-state index is 4.50. The molecule has 0 bridgehead atoms. The van der Waals surface area contributed by atoms with Crippen LogP contribution in [0.2, 0.25) is 0 Å². The van der Waals surface area contributed by atoms with Gasteiger partial charge in [-0.3, -0.25) is 0 Å². The van der Waals surface area contributed by atoms with Crippen molar-refractivity contribution in [2.24, 2.45) is 11.8 Å². The molecule has 18 heavy (non-hydrogen) atoms. The largest absolute Gasteiger partial charge is 0.355 e. The van der Waals surface area contributed by atoms with Crippen LogP contribution >= 0.6 is 11.3 Å². The van der Waals surface area contributed by atoms with Gasteiger partial charge in [-0.2, -0.15) is 0 Å². The summed E-state index contributed by atoms with van der Waals surface area (Å²) in [6, 6.07) is 2.08.